The fraction of sp³-hybridized carbons (Fsp3) is 0.267. The average molecular weight is 322 g/mol. The summed E-state index contributed by atoms with van der Waals surface area (Å²) in [5.41, 5.74) is 1.27. The lowest BCUT2D eigenvalue weighted by atomic mass is 10.1. The van der Waals surface area contributed by atoms with Crippen molar-refractivity contribution in [3.8, 4) is 0 Å². The normalized spacial score (nSPS) is 10.3. The molecule has 5 nitrogen and oxygen atoms in total. The third-order valence-electron chi connectivity index (χ3n) is 2.71. The van der Waals surface area contributed by atoms with E-state index >= 15 is 0 Å². The van der Waals surface area contributed by atoms with E-state index in [-0.39, 0.29) is 30.5 Å². The first-order valence-electron chi connectivity index (χ1n) is 6.71. The molecule has 1 N–H and O–H groups in total. The van der Waals surface area contributed by atoms with Crippen LogP contribution in [0.2, 0.25) is 0 Å². The molecule has 1 aromatic heterocycles. The maximum Gasteiger partial charge on any atom is 0.311 e. The van der Waals surface area contributed by atoms with Crippen LogP contribution in [0.4, 0.5) is 9.52 Å². The van der Waals surface area contributed by atoms with Crippen LogP contribution in [0.15, 0.2) is 29.6 Å². The molecule has 0 saturated carbocycles. The molecule has 0 fully saturated rings. The number of aromatic nitrogens is 1. The second-order valence-electron chi connectivity index (χ2n) is 4.48. The average Bonchev–Trinajstić information content (AvgIpc) is 2.88. The number of rotatable bonds is 6. The van der Waals surface area contributed by atoms with Crippen molar-refractivity contribution in [1.82, 2.24) is 4.98 Å². The molecule has 2 aromatic rings. The van der Waals surface area contributed by atoms with E-state index in [4.69, 9.17) is 4.74 Å². The van der Waals surface area contributed by atoms with Crippen LogP contribution in [0.5, 0.6) is 0 Å². The van der Waals surface area contributed by atoms with Gasteiger partial charge in [0.25, 0.3) is 0 Å². The first-order chi connectivity index (χ1) is 10.6. The molecule has 0 saturated heterocycles. The Morgan fingerprint density at radius 2 is 2.00 bits per heavy atom. The number of anilines is 1. The molecule has 0 aliphatic rings. The molecule has 0 spiro atoms. The molecule has 0 bridgehead atoms. The SMILES string of the molecule is CCOC(=O)Cc1csc(NC(=O)Cc2ccc(F)cc2)n1. The van der Waals surface area contributed by atoms with Crippen LogP contribution in [0.1, 0.15) is 18.2 Å². The van der Waals surface area contributed by atoms with Crippen molar-refractivity contribution in [3.63, 3.8) is 0 Å². The summed E-state index contributed by atoms with van der Waals surface area (Å²) in [6.07, 6.45) is 0.214. The molecule has 0 aliphatic heterocycles. The molecular weight excluding hydrogens is 307 g/mol. The van der Waals surface area contributed by atoms with Gasteiger partial charge < -0.3 is 10.1 Å². The number of amides is 1. The number of carbonyl (C=O) groups is 2. The van der Waals surface area contributed by atoms with E-state index in [0.717, 1.165) is 0 Å². The first kappa shape index (κ1) is 16.1. The van der Waals surface area contributed by atoms with Crippen LogP contribution in [-0.2, 0) is 27.2 Å². The second kappa shape index (κ2) is 7.65. The first-order valence-corrected chi connectivity index (χ1v) is 7.59. The highest BCUT2D eigenvalue weighted by molar-refractivity contribution is 7.13. The Labute approximate surface area is 131 Å². The van der Waals surface area contributed by atoms with Crippen LogP contribution < -0.4 is 5.32 Å². The zero-order chi connectivity index (χ0) is 15.9. The van der Waals surface area contributed by atoms with E-state index in [1.54, 1.807) is 24.4 Å². The Balaban J connectivity index is 1.88. The number of hydrogen-bond donors (Lipinski definition) is 1. The molecule has 22 heavy (non-hydrogen) atoms. The van der Waals surface area contributed by atoms with Gasteiger partial charge in [-0.15, -0.1) is 11.3 Å². The molecule has 1 amide bonds. The lowest BCUT2D eigenvalue weighted by molar-refractivity contribution is -0.142. The van der Waals surface area contributed by atoms with Crippen molar-refractivity contribution in [2.75, 3.05) is 11.9 Å². The molecule has 0 radical (unpaired) electrons. The molecular formula is C15H15FN2O3S. The van der Waals surface area contributed by atoms with E-state index in [1.807, 2.05) is 0 Å². The second-order valence-corrected chi connectivity index (χ2v) is 5.34. The van der Waals surface area contributed by atoms with E-state index in [1.165, 1.54) is 23.5 Å². The zero-order valence-corrected chi connectivity index (χ0v) is 12.8. The summed E-state index contributed by atoms with van der Waals surface area (Å²) in [6, 6.07) is 5.73. The standard InChI is InChI=1S/C15H15FN2O3S/c1-2-21-14(20)8-12-9-22-15(17-12)18-13(19)7-10-3-5-11(16)6-4-10/h3-6,9H,2,7-8H2,1H3,(H,17,18,19). The quantitative estimate of drug-likeness (QED) is 0.830. The van der Waals surface area contributed by atoms with Crippen molar-refractivity contribution in [3.05, 3.63) is 46.7 Å². The van der Waals surface area contributed by atoms with Crippen LogP contribution >= 0.6 is 11.3 Å². The number of esters is 1. The summed E-state index contributed by atoms with van der Waals surface area (Å²) < 4.78 is 17.6. The predicted octanol–water partition coefficient (Wildman–Crippen LogP) is 2.57. The minimum atomic E-state index is -0.350. The fourth-order valence-electron chi connectivity index (χ4n) is 1.76. The highest BCUT2D eigenvalue weighted by atomic mass is 32.1. The van der Waals surface area contributed by atoms with Crippen molar-refractivity contribution < 1.29 is 18.7 Å². The van der Waals surface area contributed by atoms with Gasteiger partial charge in [0.15, 0.2) is 5.13 Å². The largest absolute Gasteiger partial charge is 0.466 e. The van der Waals surface area contributed by atoms with Crippen LogP contribution in [0.25, 0.3) is 0 Å². The maximum atomic E-state index is 12.8. The molecule has 0 aliphatic carbocycles. The van der Waals surface area contributed by atoms with Gasteiger partial charge in [-0.1, -0.05) is 12.1 Å². The summed E-state index contributed by atoms with van der Waals surface area (Å²) in [5.74, 6) is -0.937. The lowest BCUT2D eigenvalue weighted by Crippen LogP contribution is -2.14. The summed E-state index contributed by atoms with van der Waals surface area (Å²) in [6.45, 7) is 2.06. The Kier molecular flexibility index (Phi) is 5.60. The maximum absolute atomic E-state index is 12.8. The topological polar surface area (TPSA) is 68.3 Å². The summed E-state index contributed by atoms with van der Waals surface area (Å²) in [5, 5.41) is 4.77. The number of ether oxygens (including phenoxy) is 1. The van der Waals surface area contributed by atoms with Crippen molar-refractivity contribution in [2.45, 2.75) is 19.8 Å². The molecule has 2 rings (SSSR count). The molecule has 116 valence electrons. The van der Waals surface area contributed by atoms with E-state index < -0.39 is 0 Å². The monoisotopic (exact) mass is 322 g/mol. The summed E-state index contributed by atoms with van der Waals surface area (Å²) in [4.78, 5) is 27.4. The van der Waals surface area contributed by atoms with Crippen LogP contribution in [0.3, 0.4) is 0 Å². The van der Waals surface area contributed by atoms with Crippen molar-refractivity contribution >= 4 is 28.3 Å². The highest BCUT2D eigenvalue weighted by Crippen LogP contribution is 2.16. The number of nitrogens with one attached hydrogen (secondary N) is 1. The van der Waals surface area contributed by atoms with Crippen LogP contribution in [-0.4, -0.2) is 23.5 Å². The zero-order valence-electron chi connectivity index (χ0n) is 12.0. The van der Waals surface area contributed by atoms with E-state index in [0.29, 0.717) is 23.0 Å². The lowest BCUT2D eigenvalue weighted by Gasteiger charge is -2.02. The number of halogens is 1. The molecule has 1 heterocycles. The number of nitrogens with zero attached hydrogens (tertiary/aromatic N) is 1. The third-order valence-corrected chi connectivity index (χ3v) is 3.51. The smallest absolute Gasteiger partial charge is 0.311 e. The minimum absolute atomic E-state index is 0.0815. The van der Waals surface area contributed by atoms with Gasteiger partial charge in [-0.3, -0.25) is 9.59 Å². The highest BCUT2D eigenvalue weighted by Gasteiger charge is 2.11. The Morgan fingerprint density at radius 1 is 1.27 bits per heavy atom. The third kappa shape index (κ3) is 4.92. The van der Waals surface area contributed by atoms with Crippen molar-refractivity contribution in [1.29, 1.82) is 0 Å². The van der Waals surface area contributed by atoms with Gasteiger partial charge in [0.1, 0.15) is 5.82 Å². The number of hydrogen-bond acceptors (Lipinski definition) is 5. The summed E-state index contributed by atoms with van der Waals surface area (Å²) in [7, 11) is 0. The number of benzene rings is 1. The van der Waals surface area contributed by atoms with Gasteiger partial charge in [-0.05, 0) is 24.6 Å². The summed E-state index contributed by atoms with van der Waals surface area (Å²) >= 11 is 1.24. The van der Waals surface area contributed by atoms with Gasteiger partial charge in [0.05, 0.1) is 25.1 Å². The van der Waals surface area contributed by atoms with Gasteiger partial charge in [-0.2, -0.15) is 0 Å². The van der Waals surface area contributed by atoms with Crippen LogP contribution in [0, 0.1) is 5.82 Å². The number of thiazole rings is 1. The number of carbonyl (C=O) groups excluding carboxylic acids is 2. The van der Waals surface area contributed by atoms with Gasteiger partial charge in [0, 0.05) is 5.38 Å². The van der Waals surface area contributed by atoms with Crippen molar-refractivity contribution in [2.24, 2.45) is 0 Å². The fourth-order valence-corrected chi connectivity index (χ4v) is 2.48. The molecule has 0 atom stereocenters. The molecule has 1 aromatic carbocycles. The van der Waals surface area contributed by atoms with E-state index in [2.05, 4.69) is 10.3 Å². The van der Waals surface area contributed by atoms with Gasteiger partial charge in [-0.25, -0.2) is 9.37 Å². The predicted molar refractivity (Wildman–Crippen MR) is 81.2 cm³/mol. The Morgan fingerprint density at radius 3 is 2.68 bits per heavy atom. The molecule has 0 unspecified atom stereocenters. The molecule has 7 heteroatoms. The minimum Gasteiger partial charge on any atom is -0.466 e. The van der Waals surface area contributed by atoms with E-state index in [9.17, 15) is 14.0 Å². The Hall–Kier alpha value is -2.28. The Bertz CT molecular complexity index is 655. The van der Waals surface area contributed by atoms with Gasteiger partial charge in [0.2, 0.25) is 5.91 Å². The van der Waals surface area contributed by atoms with Gasteiger partial charge >= 0.3 is 5.97 Å².